The summed E-state index contributed by atoms with van der Waals surface area (Å²) in [6.07, 6.45) is 1.61. The molecule has 0 spiro atoms. The molecular formula is C23H34N2O6. The van der Waals surface area contributed by atoms with Crippen LogP contribution in [0.3, 0.4) is 0 Å². The minimum atomic E-state index is -0.170. The molecule has 2 aliphatic rings. The second-order valence-corrected chi connectivity index (χ2v) is 7.63. The molecule has 172 valence electrons. The van der Waals surface area contributed by atoms with Crippen molar-refractivity contribution in [2.24, 2.45) is 5.92 Å². The molecule has 0 bridgehead atoms. The number of piperidine rings is 1. The SMILES string of the molecule is CCOc1cc(C(=O)N2CCCC(C(=O)N3CCOCC3)C2)cc(OCC)c1OCC. The van der Waals surface area contributed by atoms with Crippen LogP contribution in [0, 0.1) is 5.92 Å². The molecule has 2 fully saturated rings. The van der Waals surface area contributed by atoms with Crippen LogP contribution in [0.15, 0.2) is 12.1 Å². The van der Waals surface area contributed by atoms with E-state index in [0.717, 1.165) is 12.8 Å². The molecule has 8 nitrogen and oxygen atoms in total. The van der Waals surface area contributed by atoms with Gasteiger partial charge in [0, 0.05) is 31.7 Å². The number of likely N-dealkylation sites (tertiary alicyclic amines) is 1. The average Bonchev–Trinajstić information content (AvgIpc) is 2.81. The van der Waals surface area contributed by atoms with Gasteiger partial charge in [0.05, 0.1) is 39.0 Å². The molecule has 0 N–H and O–H groups in total. The number of rotatable bonds is 8. The zero-order valence-electron chi connectivity index (χ0n) is 18.9. The third-order valence-corrected chi connectivity index (χ3v) is 5.54. The predicted molar refractivity (Wildman–Crippen MR) is 116 cm³/mol. The summed E-state index contributed by atoms with van der Waals surface area (Å²) in [4.78, 5) is 29.9. The fraction of sp³-hybridized carbons (Fsp3) is 0.652. The van der Waals surface area contributed by atoms with Crippen LogP contribution in [0.4, 0.5) is 0 Å². The van der Waals surface area contributed by atoms with Crippen molar-refractivity contribution >= 4 is 11.8 Å². The Hall–Kier alpha value is -2.48. The third kappa shape index (κ3) is 5.61. The van der Waals surface area contributed by atoms with Crippen LogP contribution in [0.2, 0.25) is 0 Å². The molecule has 1 atom stereocenters. The van der Waals surface area contributed by atoms with E-state index in [0.29, 0.717) is 82.0 Å². The van der Waals surface area contributed by atoms with Crippen molar-refractivity contribution in [3.63, 3.8) is 0 Å². The largest absolute Gasteiger partial charge is 0.490 e. The highest BCUT2D eigenvalue weighted by atomic mass is 16.5. The summed E-state index contributed by atoms with van der Waals surface area (Å²) in [6.45, 7) is 10.5. The van der Waals surface area contributed by atoms with Gasteiger partial charge in [0.25, 0.3) is 5.91 Å². The lowest BCUT2D eigenvalue weighted by Crippen LogP contribution is -2.49. The first-order chi connectivity index (χ1) is 15.1. The lowest BCUT2D eigenvalue weighted by atomic mass is 9.95. The third-order valence-electron chi connectivity index (χ3n) is 5.54. The first-order valence-electron chi connectivity index (χ1n) is 11.3. The smallest absolute Gasteiger partial charge is 0.254 e. The number of benzene rings is 1. The number of nitrogens with zero attached hydrogens (tertiary/aromatic N) is 2. The van der Waals surface area contributed by atoms with Crippen molar-refractivity contribution in [1.29, 1.82) is 0 Å². The number of hydrogen-bond donors (Lipinski definition) is 0. The summed E-state index contributed by atoms with van der Waals surface area (Å²) in [5, 5.41) is 0. The molecule has 1 unspecified atom stereocenters. The van der Waals surface area contributed by atoms with E-state index in [4.69, 9.17) is 18.9 Å². The molecular weight excluding hydrogens is 400 g/mol. The maximum atomic E-state index is 13.4. The zero-order valence-corrected chi connectivity index (χ0v) is 18.9. The summed E-state index contributed by atoms with van der Waals surface area (Å²) >= 11 is 0. The van der Waals surface area contributed by atoms with Crippen molar-refractivity contribution in [2.75, 3.05) is 59.2 Å². The van der Waals surface area contributed by atoms with Gasteiger partial charge in [-0.15, -0.1) is 0 Å². The fourth-order valence-corrected chi connectivity index (χ4v) is 4.10. The van der Waals surface area contributed by atoms with E-state index in [1.807, 2.05) is 25.7 Å². The van der Waals surface area contributed by atoms with E-state index < -0.39 is 0 Å². The quantitative estimate of drug-likeness (QED) is 0.626. The van der Waals surface area contributed by atoms with Gasteiger partial charge >= 0.3 is 0 Å². The van der Waals surface area contributed by atoms with Gasteiger partial charge in [0.2, 0.25) is 11.7 Å². The first kappa shape index (κ1) is 23.2. The van der Waals surface area contributed by atoms with E-state index in [1.165, 1.54) is 0 Å². The van der Waals surface area contributed by atoms with Gasteiger partial charge < -0.3 is 28.7 Å². The molecule has 0 radical (unpaired) electrons. The minimum absolute atomic E-state index is 0.121. The molecule has 3 rings (SSSR count). The van der Waals surface area contributed by atoms with E-state index in [-0.39, 0.29) is 17.7 Å². The maximum Gasteiger partial charge on any atom is 0.254 e. The van der Waals surface area contributed by atoms with Gasteiger partial charge in [-0.3, -0.25) is 9.59 Å². The van der Waals surface area contributed by atoms with Crippen LogP contribution in [0.5, 0.6) is 17.2 Å². The number of ether oxygens (including phenoxy) is 4. The van der Waals surface area contributed by atoms with Crippen LogP contribution < -0.4 is 14.2 Å². The zero-order chi connectivity index (χ0) is 22.2. The number of carbonyl (C=O) groups excluding carboxylic acids is 2. The first-order valence-corrected chi connectivity index (χ1v) is 11.3. The summed E-state index contributed by atoms with van der Waals surface area (Å²) in [5.41, 5.74) is 0.481. The second-order valence-electron chi connectivity index (χ2n) is 7.63. The molecule has 0 saturated carbocycles. The van der Waals surface area contributed by atoms with Gasteiger partial charge in [0.15, 0.2) is 11.5 Å². The van der Waals surface area contributed by atoms with Crippen molar-refractivity contribution in [3.8, 4) is 17.2 Å². The van der Waals surface area contributed by atoms with E-state index in [1.54, 1.807) is 17.0 Å². The molecule has 2 amide bonds. The highest BCUT2D eigenvalue weighted by Gasteiger charge is 2.33. The predicted octanol–water partition coefficient (Wildman–Crippen LogP) is 2.59. The summed E-state index contributed by atoms with van der Waals surface area (Å²) in [5.74, 6) is 1.34. The molecule has 1 aromatic carbocycles. The van der Waals surface area contributed by atoms with Crippen LogP contribution in [0.1, 0.15) is 44.0 Å². The number of morpholine rings is 1. The highest BCUT2D eigenvalue weighted by Crippen LogP contribution is 2.39. The Balaban J connectivity index is 1.79. The molecule has 31 heavy (non-hydrogen) atoms. The van der Waals surface area contributed by atoms with E-state index in [9.17, 15) is 9.59 Å². The summed E-state index contributed by atoms with van der Waals surface area (Å²) in [6, 6.07) is 3.43. The van der Waals surface area contributed by atoms with Gasteiger partial charge in [-0.1, -0.05) is 0 Å². The molecule has 0 aromatic heterocycles. The number of amides is 2. The lowest BCUT2D eigenvalue weighted by Gasteiger charge is -2.36. The van der Waals surface area contributed by atoms with Crippen LogP contribution in [0.25, 0.3) is 0 Å². The Labute approximate surface area is 184 Å². The van der Waals surface area contributed by atoms with Crippen molar-refractivity contribution < 1.29 is 28.5 Å². The van der Waals surface area contributed by atoms with Crippen molar-refractivity contribution in [3.05, 3.63) is 17.7 Å². The molecule has 8 heteroatoms. The lowest BCUT2D eigenvalue weighted by molar-refractivity contribution is -0.141. The fourth-order valence-electron chi connectivity index (χ4n) is 4.10. The monoisotopic (exact) mass is 434 g/mol. The van der Waals surface area contributed by atoms with Gasteiger partial charge in [-0.05, 0) is 45.7 Å². The Morgan fingerprint density at radius 3 is 2.13 bits per heavy atom. The summed E-state index contributed by atoms with van der Waals surface area (Å²) < 4.78 is 22.6. The van der Waals surface area contributed by atoms with Crippen LogP contribution in [-0.2, 0) is 9.53 Å². The van der Waals surface area contributed by atoms with Crippen molar-refractivity contribution in [1.82, 2.24) is 9.80 Å². The van der Waals surface area contributed by atoms with E-state index >= 15 is 0 Å². The van der Waals surface area contributed by atoms with Gasteiger partial charge in [0.1, 0.15) is 0 Å². The van der Waals surface area contributed by atoms with Gasteiger partial charge in [-0.2, -0.15) is 0 Å². The topological polar surface area (TPSA) is 77.5 Å². The van der Waals surface area contributed by atoms with E-state index in [2.05, 4.69) is 0 Å². The van der Waals surface area contributed by atoms with Crippen LogP contribution >= 0.6 is 0 Å². The number of hydrogen-bond acceptors (Lipinski definition) is 6. The molecule has 2 aliphatic heterocycles. The Kier molecular flexibility index (Phi) is 8.40. The minimum Gasteiger partial charge on any atom is -0.490 e. The average molecular weight is 435 g/mol. The second kappa shape index (κ2) is 11.2. The molecule has 1 aromatic rings. The van der Waals surface area contributed by atoms with Crippen LogP contribution in [-0.4, -0.2) is 80.8 Å². The number of carbonyl (C=O) groups is 2. The van der Waals surface area contributed by atoms with Gasteiger partial charge in [-0.25, -0.2) is 0 Å². The Bertz CT molecular complexity index is 735. The Morgan fingerprint density at radius 1 is 0.935 bits per heavy atom. The normalized spacial score (nSPS) is 19.1. The Morgan fingerprint density at radius 2 is 1.55 bits per heavy atom. The maximum absolute atomic E-state index is 13.4. The molecule has 2 saturated heterocycles. The standard InChI is InChI=1S/C23H34N2O6/c1-4-29-19-14-18(15-20(30-5-2)21(19)31-6-3)23(27)25-9-7-8-17(16-25)22(26)24-10-12-28-13-11-24/h14-15,17H,4-13,16H2,1-3H3. The van der Waals surface area contributed by atoms with Crippen molar-refractivity contribution in [2.45, 2.75) is 33.6 Å². The summed E-state index contributed by atoms with van der Waals surface area (Å²) in [7, 11) is 0. The molecule has 2 heterocycles. The highest BCUT2D eigenvalue weighted by molar-refractivity contribution is 5.96. The molecule has 0 aliphatic carbocycles.